The number of aromatic nitrogens is 3. The second-order valence-electron chi connectivity index (χ2n) is 5.00. The Bertz CT molecular complexity index is 1010. The van der Waals surface area contributed by atoms with Gasteiger partial charge in [0.25, 0.3) is 16.0 Å². The van der Waals surface area contributed by atoms with E-state index < -0.39 is 10.0 Å². The topological polar surface area (TPSA) is 94.8 Å². The lowest BCUT2D eigenvalue weighted by Crippen LogP contribution is -2.14. The standard InChI is InChI=1S/C14H16N4O4S2/c1-8-9(2)23-14-15-13(16-18(8)14)17-24(19,20)10-5-6-11(21-3)12(7-10)22-4/h5-7H,1-4H3,(H,16,17). The first-order valence-electron chi connectivity index (χ1n) is 6.93. The summed E-state index contributed by atoms with van der Waals surface area (Å²) >= 11 is 1.45. The predicted molar refractivity (Wildman–Crippen MR) is 90.7 cm³/mol. The Hall–Kier alpha value is -2.33. The SMILES string of the molecule is COc1ccc(S(=O)(=O)Nc2nc3sc(C)c(C)n3n2)cc1OC. The maximum Gasteiger partial charge on any atom is 0.264 e. The van der Waals surface area contributed by atoms with E-state index in [0.717, 1.165) is 10.6 Å². The summed E-state index contributed by atoms with van der Waals surface area (Å²) in [5, 5.41) is 4.19. The molecule has 2 heterocycles. The summed E-state index contributed by atoms with van der Waals surface area (Å²) in [7, 11) is -0.914. The van der Waals surface area contributed by atoms with Crippen molar-refractivity contribution >= 4 is 32.3 Å². The van der Waals surface area contributed by atoms with Crippen LogP contribution in [0.4, 0.5) is 5.95 Å². The number of fused-ring (bicyclic) bond motifs is 1. The highest BCUT2D eigenvalue weighted by Crippen LogP contribution is 2.30. The number of anilines is 1. The summed E-state index contributed by atoms with van der Waals surface area (Å²) < 4.78 is 39.3. The fraction of sp³-hybridized carbons (Fsp3) is 0.286. The Labute approximate surface area is 143 Å². The lowest BCUT2D eigenvalue weighted by atomic mass is 10.3. The summed E-state index contributed by atoms with van der Waals surface area (Å²) in [5.74, 6) is 0.799. The zero-order chi connectivity index (χ0) is 17.5. The van der Waals surface area contributed by atoms with Crippen LogP contribution in [0, 0.1) is 13.8 Å². The van der Waals surface area contributed by atoms with E-state index in [1.807, 2.05) is 13.8 Å². The van der Waals surface area contributed by atoms with Gasteiger partial charge in [-0.25, -0.2) is 17.7 Å². The van der Waals surface area contributed by atoms with Crippen LogP contribution in [0.3, 0.4) is 0 Å². The summed E-state index contributed by atoms with van der Waals surface area (Å²) in [4.78, 5) is 5.96. The summed E-state index contributed by atoms with van der Waals surface area (Å²) in [6.07, 6.45) is 0. The molecule has 3 rings (SSSR count). The number of methoxy groups -OCH3 is 2. The number of rotatable bonds is 5. The molecule has 8 nitrogen and oxygen atoms in total. The molecule has 1 aromatic carbocycles. The van der Waals surface area contributed by atoms with Gasteiger partial charge in [-0.1, -0.05) is 11.3 Å². The molecule has 0 spiro atoms. The molecule has 0 atom stereocenters. The second kappa shape index (κ2) is 5.95. The van der Waals surface area contributed by atoms with Crippen molar-refractivity contribution in [1.82, 2.24) is 14.6 Å². The van der Waals surface area contributed by atoms with Crippen molar-refractivity contribution in [1.29, 1.82) is 0 Å². The van der Waals surface area contributed by atoms with Gasteiger partial charge in [-0.2, -0.15) is 4.98 Å². The monoisotopic (exact) mass is 368 g/mol. The minimum atomic E-state index is -3.84. The van der Waals surface area contributed by atoms with E-state index in [4.69, 9.17) is 9.47 Å². The summed E-state index contributed by atoms with van der Waals surface area (Å²) in [6, 6.07) is 4.34. The third-order valence-corrected chi connectivity index (χ3v) is 5.91. The summed E-state index contributed by atoms with van der Waals surface area (Å²) in [6.45, 7) is 3.87. The molecule has 0 radical (unpaired) electrons. The molecule has 0 aliphatic rings. The van der Waals surface area contributed by atoms with Crippen molar-refractivity contribution in [3.05, 3.63) is 28.8 Å². The molecule has 0 aliphatic carbocycles. The molecule has 0 unspecified atom stereocenters. The smallest absolute Gasteiger partial charge is 0.264 e. The van der Waals surface area contributed by atoms with Crippen molar-refractivity contribution in [2.24, 2.45) is 0 Å². The number of aryl methyl sites for hydroxylation is 2. The van der Waals surface area contributed by atoms with Gasteiger partial charge in [0.05, 0.1) is 24.8 Å². The Balaban J connectivity index is 1.95. The van der Waals surface area contributed by atoms with E-state index in [1.165, 1.54) is 43.8 Å². The largest absolute Gasteiger partial charge is 0.493 e. The summed E-state index contributed by atoms with van der Waals surface area (Å²) in [5.41, 5.74) is 0.930. The highest BCUT2D eigenvalue weighted by Gasteiger charge is 2.20. The number of hydrogen-bond donors (Lipinski definition) is 1. The first-order chi connectivity index (χ1) is 11.4. The van der Waals surface area contributed by atoms with Gasteiger partial charge in [0.2, 0.25) is 4.96 Å². The second-order valence-corrected chi connectivity index (χ2v) is 7.86. The fourth-order valence-electron chi connectivity index (χ4n) is 2.15. The van der Waals surface area contributed by atoms with Crippen LogP contribution in [0.2, 0.25) is 0 Å². The average molecular weight is 368 g/mol. The van der Waals surface area contributed by atoms with Crippen molar-refractivity contribution in [2.45, 2.75) is 18.7 Å². The highest BCUT2D eigenvalue weighted by molar-refractivity contribution is 7.92. The van der Waals surface area contributed by atoms with Crippen LogP contribution in [-0.2, 0) is 10.0 Å². The van der Waals surface area contributed by atoms with Crippen LogP contribution in [0.1, 0.15) is 10.6 Å². The average Bonchev–Trinajstić information content (AvgIpc) is 3.05. The van der Waals surface area contributed by atoms with Crippen LogP contribution in [0.5, 0.6) is 11.5 Å². The molecular formula is C14H16N4O4S2. The zero-order valence-corrected chi connectivity index (χ0v) is 15.2. The van der Waals surface area contributed by atoms with Gasteiger partial charge in [-0.3, -0.25) is 0 Å². The quantitative estimate of drug-likeness (QED) is 0.742. The van der Waals surface area contributed by atoms with E-state index in [0.29, 0.717) is 16.5 Å². The van der Waals surface area contributed by atoms with Crippen LogP contribution in [0.15, 0.2) is 23.1 Å². The molecule has 2 aromatic heterocycles. The molecule has 0 bridgehead atoms. The Morgan fingerprint density at radius 1 is 1.17 bits per heavy atom. The molecule has 0 fully saturated rings. The molecule has 24 heavy (non-hydrogen) atoms. The van der Waals surface area contributed by atoms with E-state index >= 15 is 0 Å². The van der Waals surface area contributed by atoms with E-state index in [1.54, 1.807) is 4.52 Å². The molecule has 128 valence electrons. The van der Waals surface area contributed by atoms with Crippen LogP contribution < -0.4 is 14.2 Å². The van der Waals surface area contributed by atoms with Gasteiger partial charge in [-0.15, -0.1) is 5.10 Å². The molecule has 0 saturated heterocycles. The highest BCUT2D eigenvalue weighted by atomic mass is 32.2. The Morgan fingerprint density at radius 2 is 1.88 bits per heavy atom. The normalized spacial score (nSPS) is 11.7. The first kappa shape index (κ1) is 16.5. The minimum Gasteiger partial charge on any atom is -0.493 e. The minimum absolute atomic E-state index is 0.0270. The Morgan fingerprint density at radius 3 is 2.50 bits per heavy atom. The van der Waals surface area contributed by atoms with Gasteiger partial charge in [0.15, 0.2) is 11.5 Å². The van der Waals surface area contributed by atoms with E-state index in [-0.39, 0.29) is 10.8 Å². The third-order valence-electron chi connectivity index (χ3n) is 3.54. The number of benzene rings is 1. The molecule has 3 aromatic rings. The Kier molecular flexibility index (Phi) is 4.10. The van der Waals surface area contributed by atoms with Gasteiger partial charge in [0, 0.05) is 10.9 Å². The van der Waals surface area contributed by atoms with Crippen molar-refractivity contribution in [2.75, 3.05) is 18.9 Å². The lowest BCUT2D eigenvalue weighted by Gasteiger charge is -2.10. The van der Waals surface area contributed by atoms with Crippen LogP contribution in [0.25, 0.3) is 4.96 Å². The molecule has 0 amide bonds. The molecule has 0 aliphatic heterocycles. The number of ether oxygens (including phenoxy) is 2. The van der Waals surface area contributed by atoms with Gasteiger partial charge < -0.3 is 9.47 Å². The van der Waals surface area contributed by atoms with Crippen molar-refractivity contribution < 1.29 is 17.9 Å². The predicted octanol–water partition coefficient (Wildman–Crippen LogP) is 2.23. The van der Waals surface area contributed by atoms with Gasteiger partial charge >= 0.3 is 0 Å². The number of nitrogens with zero attached hydrogens (tertiary/aromatic N) is 3. The van der Waals surface area contributed by atoms with Crippen molar-refractivity contribution in [3.63, 3.8) is 0 Å². The molecule has 1 N–H and O–H groups in total. The number of sulfonamides is 1. The fourth-order valence-corrected chi connectivity index (χ4v) is 4.01. The number of thiazole rings is 1. The van der Waals surface area contributed by atoms with E-state index in [9.17, 15) is 8.42 Å². The maximum atomic E-state index is 12.5. The van der Waals surface area contributed by atoms with E-state index in [2.05, 4.69) is 14.8 Å². The van der Waals surface area contributed by atoms with Crippen LogP contribution in [-0.4, -0.2) is 37.2 Å². The number of nitrogens with one attached hydrogen (secondary N) is 1. The number of hydrogen-bond acceptors (Lipinski definition) is 7. The molecule has 0 saturated carbocycles. The third kappa shape index (κ3) is 2.78. The van der Waals surface area contributed by atoms with Gasteiger partial charge in [-0.05, 0) is 26.0 Å². The maximum absolute atomic E-state index is 12.5. The molecule has 10 heteroatoms. The van der Waals surface area contributed by atoms with Crippen LogP contribution >= 0.6 is 11.3 Å². The molecular weight excluding hydrogens is 352 g/mol. The zero-order valence-electron chi connectivity index (χ0n) is 13.5. The van der Waals surface area contributed by atoms with Gasteiger partial charge in [0.1, 0.15) is 0 Å². The first-order valence-corrected chi connectivity index (χ1v) is 9.23. The lowest BCUT2D eigenvalue weighted by molar-refractivity contribution is 0.354. The van der Waals surface area contributed by atoms with Crippen molar-refractivity contribution in [3.8, 4) is 11.5 Å².